The first kappa shape index (κ1) is 27.0. The number of pyridine rings is 2. The third-order valence-electron chi connectivity index (χ3n) is 8.15. The summed E-state index contributed by atoms with van der Waals surface area (Å²) in [5.41, 5.74) is 8.82. The normalized spacial score (nSPS) is 17.3. The van der Waals surface area contributed by atoms with Crippen molar-refractivity contribution in [2.24, 2.45) is 5.92 Å². The topological polar surface area (TPSA) is 110 Å². The Kier molecular flexibility index (Phi) is 7.95. The number of anilines is 1. The van der Waals surface area contributed by atoms with Crippen molar-refractivity contribution >= 4 is 33.5 Å². The van der Waals surface area contributed by atoms with Gasteiger partial charge in [0.25, 0.3) is 0 Å². The molecule has 6 rings (SSSR count). The molecule has 0 spiro atoms. The fourth-order valence-electron chi connectivity index (χ4n) is 5.94. The van der Waals surface area contributed by atoms with Gasteiger partial charge in [-0.3, -0.25) is 5.10 Å². The van der Waals surface area contributed by atoms with Crippen molar-refractivity contribution in [3.05, 3.63) is 72.9 Å². The number of aromatic nitrogens is 6. The Bertz CT molecular complexity index is 1610. The largest absolute Gasteiger partial charge is 0.370 e. The van der Waals surface area contributed by atoms with Crippen LogP contribution < -0.4 is 15.5 Å². The van der Waals surface area contributed by atoms with Crippen LogP contribution in [0.2, 0.25) is 0 Å². The summed E-state index contributed by atoms with van der Waals surface area (Å²) < 4.78 is 0. The predicted molar refractivity (Wildman–Crippen MR) is 167 cm³/mol. The van der Waals surface area contributed by atoms with Crippen LogP contribution in [0.3, 0.4) is 0 Å². The summed E-state index contributed by atoms with van der Waals surface area (Å²) in [6.07, 6.45) is 14.8. The van der Waals surface area contributed by atoms with Gasteiger partial charge in [-0.15, -0.1) is 0 Å². The van der Waals surface area contributed by atoms with Crippen LogP contribution in [0.5, 0.6) is 0 Å². The summed E-state index contributed by atoms with van der Waals surface area (Å²) in [4.78, 5) is 20.3. The molecule has 0 radical (unpaired) electrons. The number of imidazole rings is 1. The van der Waals surface area contributed by atoms with Crippen molar-refractivity contribution in [3.8, 4) is 11.5 Å². The summed E-state index contributed by atoms with van der Waals surface area (Å²) in [5.74, 6) is 1.32. The molecule has 6 heterocycles. The number of allylic oxidation sites excluding steroid dienone is 5. The third kappa shape index (κ3) is 5.81. The van der Waals surface area contributed by atoms with Crippen molar-refractivity contribution in [2.45, 2.75) is 45.4 Å². The van der Waals surface area contributed by atoms with Gasteiger partial charge < -0.3 is 20.5 Å². The number of nitrogens with zero attached hydrogens (tertiary/aromatic N) is 5. The molecule has 2 aliphatic heterocycles. The molecule has 41 heavy (non-hydrogen) atoms. The quantitative estimate of drug-likeness (QED) is 0.194. The molecular weight excluding hydrogens is 510 g/mol. The van der Waals surface area contributed by atoms with E-state index in [1.165, 1.54) is 32.1 Å². The second-order valence-corrected chi connectivity index (χ2v) is 11.0. The van der Waals surface area contributed by atoms with E-state index in [0.717, 1.165) is 77.5 Å². The predicted octanol–water partition coefficient (Wildman–Crippen LogP) is 5.85. The van der Waals surface area contributed by atoms with Crippen LogP contribution in [0.25, 0.3) is 39.3 Å². The summed E-state index contributed by atoms with van der Waals surface area (Å²) in [6.45, 7) is 14.6. The van der Waals surface area contributed by atoms with E-state index >= 15 is 0 Å². The van der Waals surface area contributed by atoms with Crippen LogP contribution in [-0.2, 0) is 0 Å². The van der Waals surface area contributed by atoms with Gasteiger partial charge in [-0.1, -0.05) is 19.2 Å². The van der Waals surface area contributed by atoms with Crippen molar-refractivity contribution in [1.82, 2.24) is 40.8 Å². The average Bonchev–Trinajstić information content (AvgIpc) is 3.64. The maximum Gasteiger partial charge on any atom is 0.180 e. The zero-order chi connectivity index (χ0) is 28.2. The van der Waals surface area contributed by atoms with Crippen LogP contribution in [0.15, 0.2) is 67.2 Å². The lowest BCUT2D eigenvalue weighted by Crippen LogP contribution is -2.29. The SMILES string of the molecule is C=C/C(=C\C(=C/C)c1ccc2[nH]nc(-c3nc4nccc(N5CCCCC5)c4[nH]3)c2n1)NC(=C)CC1CCNCC1. The first-order valence-electron chi connectivity index (χ1n) is 14.7. The average molecular weight is 550 g/mol. The first-order chi connectivity index (χ1) is 20.1. The molecule has 4 aromatic rings. The second-order valence-electron chi connectivity index (χ2n) is 11.0. The fraction of sp³-hybridized carbons (Fsp3) is 0.375. The molecule has 0 aromatic carbocycles. The molecule has 0 atom stereocenters. The number of hydrogen-bond acceptors (Lipinski definition) is 7. The molecule has 4 N–H and O–H groups in total. The van der Waals surface area contributed by atoms with Gasteiger partial charge in [-0.05, 0) is 100 Å². The minimum Gasteiger partial charge on any atom is -0.370 e. The number of piperidine rings is 2. The molecule has 2 fully saturated rings. The molecule has 4 aromatic heterocycles. The summed E-state index contributed by atoms with van der Waals surface area (Å²) in [7, 11) is 0. The minimum absolute atomic E-state index is 0.660. The highest BCUT2D eigenvalue weighted by Crippen LogP contribution is 2.31. The van der Waals surface area contributed by atoms with Crippen molar-refractivity contribution < 1.29 is 0 Å². The van der Waals surface area contributed by atoms with Crippen LogP contribution >= 0.6 is 0 Å². The van der Waals surface area contributed by atoms with Crippen LogP contribution in [-0.4, -0.2) is 56.3 Å². The smallest absolute Gasteiger partial charge is 0.180 e. The van der Waals surface area contributed by atoms with Crippen molar-refractivity contribution in [3.63, 3.8) is 0 Å². The molecule has 2 saturated heterocycles. The molecule has 9 heteroatoms. The van der Waals surface area contributed by atoms with Gasteiger partial charge >= 0.3 is 0 Å². The lowest BCUT2D eigenvalue weighted by atomic mass is 9.93. The Morgan fingerprint density at radius 1 is 1.12 bits per heavy atom. The first-order valence-corrected chi connectivity index (χ1v) is 14.7. The maximum absolute atomic E-state index is 5.04. The number of rotatable bonds is 9. The Morgan fingerprint density at radius 2 is 1.95 bits per heavy atom. The Hall–Kier alpha value is -4.24. The molecule has 0 saturated carbocycles. The van der Waals surface area contributed by atoms with Gasteiger partial charge in [-0.2, -0.15) is 5.10 Å². The monoisotopic (exact) mass is 549 g/mol. The molecule has 0 bridgehead atoms. The molecular formula is C32H39N9. The van der Waals surface area contributed by atoms with Crippen molar-refractivity contribution in [1.29, 1.82) is 0 Å². The lowest BCUT2D eigenvalue weighted by molar-refractivity contribution is 0.368. The Labute approximate surface area is 241 Å². The van der Waals surface area contributed by atoms with E-state index < -0.39 is 0 Å². The van der Waals surface area contributed by atoms with Crippen LogP contribution in [0.1, 0.15) is 51.1 Å². The summed E-state index contributed by atoms with van der Waals surface area (Å²) >= 11 is 0. The number of nitrogens with one attached hydrogen (secondary N) is 4. The molecule has 0 amide bonds. The van der Waals surface area contributed by atoms with E-state index in [-0.39, 0.29) is 0 Å². The van der Waals surface area contributed by atoms with E-state index in [1.807, 2.05) is 31.3 Å². The molecule has 0 unspecified atom stereocenters. The van der Waals surface area contributed by atoms with E-state index in [4.69, 9.17) is 9.97 Å². The Balaban J connectivity index is 1.27. The zero-order valence-corrected chi connectivity index (χ0v) is 23.8. The van der Waals surface area contributed by atoms with Gasteiger partial charge in [0.2, 0.25) is 0 Å². The summed E-state index contributed by atoms with van der Waals surface area (Å²) in [6, 6.07) is 6.10. The number of fused-ring (bicyclic) bond motifs is 2. The minimum atomic E-state index is 0.660. The highest BCUT2D eigenvalue weighted by molar-refractivity contribution is 5.93. The third-order valence-corrected chi connectivity index (χ3v) is 8.15. The zero-order valence-electron chi connectivity index (χ0n) is 23.8. The summed E-state index contributed by atoms with van der Waals surface area (Å²) in [5, 5.41) is 14.6. The van der Waals surface area contributed by atoms with Crippen LogP contribution in [0, 0.1) is 5.92 Å². The van der Waals surface area contributed by atoms with Gasteiger partial charge in [-0.25, -0.2) is 15.0 Å². The molecule has 9 nitrogen and oxygen atoms in total. The highest BCUT2D eigenvalue weighted by atomic mass is 15.2. The fourth-order valence-corrected chi connectivity index (χ4v) is 5.94. The van der Waals surface area contributed by atoms with E-state index in [9.17, 15) is 0 Å². The number of aromatic amines is 2. The molecule has 212 valence electrons. The second kappa shape index (κ2) is 12.1. The van der Waals surface area contributed by atoms with Gasteiger partial charge in [0.05, 0.1) is 16.9 Å². The van der Waals surface area contributed by atoms with Gasteiger partial charge in [0.15, 0.2) is 17.2 Å². The number of H-pyrrole nitrogens is 2. The highest BCUT2D eigenvalue weighted by Gasteiger charge is 2.20. The van der Waals surface area contributed by atoms with E-state index in [1.54, 1.807) is 0 Å². The van der Waals surface area contributed by atoms with Crippen LogP contribution in [0.4, 0.5) is 5.69 Å². The van der Waals surface area contributed by atoms with E-state index in [2.05, 4.69) is 67.1 Å². The van der Waals surface area contributed by atoms with Gasteiger partial charge in [0, 0.05) is 30.7 Å². The molecule has 2 aliphatic rings. The lowest BCUT2D eigenvalue weighted by Gasteiger charge is -2.28. The number of hydrogen-bond donors (Lipinski definition) is 4. The standard InChI is InChI=1S/C32H39N9/c1-4-23(20-24(5-2)35-21(3)19-22-11-14-33-15-12-22)25-9-10-26-28(36-25)30(40-39-26)32-37-29-27(13-16-34-31(29)38-32)41-17-7-6-8-18-41/h4-5,9-10,13,16,20,22,33,35H,2-3,6-8,11-12,14-15,17-19H2,1H3,(H,39,40)(H,34,37,38)/b23-4+,24-20+. The maximum atomic E-state index is 5.04. The van der Waals surface area contributed by atoms with Gasteiger partial charge in [0.1, 0.15) is 11.0 Å². The van der Waals surface area contributed by atoms with Crippen molar-refractivity contribution in [2.75, 3.05) is 31.1 Å². The Morgan fingerprint density at radius 3 is 2.73 bits per heavy atom. The van der Waals surface area contributed by atoms with E-state index in [0.29, 0.717) is 23.1 Å². The molecule has 0 aliphatic carbocycles.